The molecule has 18 heavy (non-hydrogen) atoms. The van der Waals surface area contributed by atoms with Gasteiger partial charge in [-0.2, -0.15) is 0 Å². The van der Waals surface area contributed by atoms with Crippen LogP contribution in [0.4, 0.5) is 5.13 Å². The topological polar surface area (TPSA) is 87.6 Å². The summed E-state index contributed by atoms with van der Waals surface area (Å²) in [6.45, 7) is -0.274. The largest absolute Gasteiger partial charge is 0.480 e. The summed E-state index contributed by atoms with van der Waals surface area (Å²) in [5.41, 5.74) is 0. The molecule has 1 aromatic heterocycles. The third-order valence-corrected chi connectivity index (χ3v) is 5.62. The lowest BCUT2D eigenvalue weighted by Gasteiger charge is -2.25. The number of aromatic nitrogens is 1. The van der Waals surface area contributed by atoms with Gasteiger partial charge in [0, 0.05) is 11.4 Å². The molecular weight excluding hydrogens is 300 g/mol. The highest BCUT2D eigenvalue weighted by Crippen LogP contribution is 2.28. The fourth-order valence-corrected chi connectivity index (χ4v) is 4.65. The molecule has 2 heterocycles. The number of hydrogen-bond acceptors (Lipinski definition) is 6. The van der Waals surface area contributed by atoms with E-state index in [0.29, 0.717) is 11.6 Å². The van der Waals surface area contributed by atoms with E-state index in [1.807, 2.05) is 0 Å². The molecule has 1 N–H and O–H groups in total. The normalized spacial score (nSPS) is 21.9. The van der Waals surface area contributed by atoms with E-state index in [4.69, 9.17) is 16.7 Å². The molecule has 1 atom stereocenters. The van der Waals surface area contributed by atoms with Crippen LogP contribution >= 0.6 is 22.9 Å². The second kappa shape index (κ2) is 5.02. The molecule has 0 radical (unpaired) electrons. The average Bonchev–Trinajstić information content (AvgIpc) is 2.81. The first-order valence-corrected chi connectivity index (χ1v) is 8.25. The number of carboxylic acid groups (broad SMARTS) is 1. The molecule has 0 aliphatic carbocycles. The Bertz CT molecular complexity index is 557. The summed E-state index contributed by atoms with van der Waals surface area (Å²) >= 11 is 6.92. The Hall–Kier alpha value is -0.860. The van der Waals surface area contributed by atoms with Crippen molar-refractivity contribution in [2.24, 2.45) is 0 Å². The summed E-state index contributed by atoms with van der Waals surface area (Å²) in [4.78, 5) is 16.4. The second-order valence-corrected chi connectivity index (χ2v) is 7.48. The Labute approximate surface area is 113 Å². The van der Waals surface area contributed by atoms with Crippen LogP contribution in [0.2, 0.25) is 5.15 Å². The summed E-state index contributed by atoms with van der Waals surface area (Å²) in [7, 11) is -3.07. The van der Waals surface area contributed by atoms with E-state index in [0.717, 1.165) is 0 Å². The Kier molecular flexibility index (Phi) is 3.79. The van der Waals surface area contributed by atoms with E-state index in [2.05, 4.69) is 4.98 Å². The first kappa shape index (κ1) is 13.6. The van der Waals surface area contributed by atoms with Gasteiger partial charge in [0.2, 0.25) is 0 Å². The van der Waals surface area contributed by atoms with Crippen molar-refractivity contribution < 1.29 is 18.3 Å². The van der Waals surface area contributed by atoms with Crippen molar-refractivity contribution in [2.45, 2.75) is 12.5 Å². The number of anilines is 1. The molecule has 0 aromatic carbocycles. The zero-order chi connectivity index (χ0) is 13.3. The van der Waals surface area contributed by atoms with Crippen molar-refractivity contribution in [3.63, 3.8) is 0 Å². The summed E-state index contributed by atoms with van der Waals surface area (Å²) in [5, 5.41) is 11.2. The highest BCUT2D eigenvalue weighted by molar-refractivity contribution is 7.91. The number of carboxylic acids is 1. The minimum atomic E-state index is -3.07. The fraction of sp³-hybridized carbons (Fsp3) is 0.556. The Morgan fingerprint density at radius 3 is 2.83 bits per heavy atom. The van der Waals surface area contributed by atoms with Gasteiger partial charge >= 0.3 is 5.97 Å². The van der Waals surface area contributed by atoms with Crippen LogP contribution in [0, 0.1) is 0 Å². The average molecular weight is 311 g/mol. The fourth-order valence-electron chi connectivity index (χ4n) is 1.90. The third kappa shape index (κ3) is 3.12. The van der Waals surface area contributed by atoms with Crippen LogP contribution in [-0.2, 0) is 14.6 Å². The van der Waals surface area contributed by atoms with Gasteiger partial charge in [0.15, 0.2) is 15.0 Å². The van der Waals surface area contributed by atoms with Gasteiger partial charge in [-0.05, 0) is 6.42 Å². The van der Waals surface area contributed by atoms with Crippen molar-refractivity contribution in [3.05, 3.63) is 10.5 Å². The predicted molar refractivity (Wildman–Crippen MR) is 69.2 cm³/mol. The van der Waals surface area contributed by atoms with E-state index < -0.39 is 15.8 Å². The van der Waals surface area contributed by atoms with Crippen LogP contribution in [0.5, 0.6) is 0 Å². The first-order chi connectivity index (χ1) is 8.37. The molecule has 0 saturated carbocycles. The van der Waals surface area contributed by atoms with Crippen LogP contribution in [0.15, 0.2) is 5.38 Å². The van der Waals surface area contributed by atoms with Crippen LogP contribution in [0.3, 0.4) is 0 Å². The summed E-state index contributed by atoms with van der Waals surface area (Å²) in [6, 6.07) is -0.340. The van der Waals surface area contributed by atoms with Crippen molar-refractivity contribution in [1.82, 2.24) is 4.98 Å². The van der Waals surface area contributed by atoms with E-state index >= 15 is 0 Å². The third-order valence-electron chi connectivity index (χ3n) is 2.66. The van der Waals surface area contributed by atoms with Crippen LogP contribution in [0.1, 0.15) is 6.42 Å². The predicted octanol–water partition coefficient (Wildman–Crippen LogP) is 0.875. The number of carbonyl (C=O) groups is 1. The van der Waals surface area contributed by atoms with Crippen molar-refractivity contribution >= 4 is 43.9 Å². The van der Waals surface area contributed by atoms with Gasteiger partial charge in [0.05, 0.1) is 11.5 Å². The zero-order valence-electron chi connectivity index (χ0n) is 9.24. The van der Waals surface area contributed by atoms with Gasteiger partial charge in [0.1, 0.15) is 11.7 Å². The number of aliphatic carboxylic acids is 1. The zero-order valence-corrected chi connectivity index (χ0v) is 11.6. The summed E-state index contributed by atoms with van der Waals surface area (Å²) in [5.74, 6) is -0.963. The molecule has 1 aliphatic rings. The van der Waals surface area contributed by atoms with E-state index in [1.165, 1.54) is 16.2 Å². The number of nitrogens with zero attached hydrogens (tertiary/aromatic N) is 2. The molecule has 1 saturated heterocycles. The first-order valence-electron chi connectivity index (χ1n) is 5.17. The molecule has 1 fully saturated rings. The molecular formula is C9H11ClN2O4S2. The lowest BCUT2D eigenvalue weighted by Crippen LogP contribution is -2.40. The second-order valence-electron chi connectivity index (χ2n) is 4.03. The highest BCUT2D eigenvalue weighted by Gasteiger charge is 2.34. The van der Waals surface area contributed by atoms with Crippen molar-refractivity contribution in [1.29, 1.82) is 0 Å². The molecule has 1 aliphatic heterocycles. The SMILES string of the molecule is O=C(O)CN(c1nc(Cl)cs1)C1CCS(=O)(=O)C1. The smallest absolute Gasteiger partial charge is 0.323 e. The quantitative estimate of drug-likeness (QED) is 0.888. The maximum Gasteiger partial charge on any atom is 0.323 e. The minimum Gasteiger partial charge on any atom is -0.480 e. The standard InChI is InChI=1S/C9H11ClN2O4S2/c10-7-4-17-9(11-7)12(3-8(13)14)6-1-2-18(15,16)5-6/h4,6H,1-3,5H2,(H,13,14). The van der Waals surface area contributed by atoms with Crippen LogP contribution in [-0.4, -0.2) is 48.6 Å². The van der Waals surface area contributed by atoms with Gasteiger partial charge in [-0.3, -0.25) is 4.79 Å². The van der Waals surface area contributed by atoms with Gasteiger partial charge < -0.3 is 10.0 Å². The highest BCUT2D eigenvalue weighted by atomic mass is 35.5. The minimum absolute atomic E-state index is 0.0303. The van der Waals surface area contributed by atoms with Crippen molar-refractivity contribution in [2.75, 3.05) is 23.0 Å². The maximum atomic E-state index is 11.5. The molecule has 100 valence electrons. The molecule has 0 spiro atoms. The van der Waals surface area contributed by atoms with Crippen LogP contribution < -0.4 is 4.90 Å². The van der Waals surface area contributed by atoms with Gasteiger partial charge in [-0.1, -0.05) is 11.6 Å². The Balaban J connectivity index is 2.23. The molecule has 6 nitrogen and oxygen atoms in total. The van der Waals surface area contributed by atoms with Crippen molar-refractivity contribution in [3.8, 4) is 0 Å². The Morgan fingerprint density at radius 1 is 1.67 bits per heavy atom. The molecule has 1 unspecified atom stereocenters. The Morgan fingerprint density at radius 2 is 2.39 bits per heavy atom. The van der Waals surface area contributed by atoms with Gasteiger partial charge in [0.25, 0.3) is 0 Å². The monoisotopic (exact) mass is 310 g/mol. The van der Waals surface area contributed by atoms with E-state index in [1.54, 1.807) is 5.38 Å². The molecule has 9 heteroatoms. The number of thiazole rings is 1. The maximum absolute atomic E-state index is 11.5. The molecule has 2 rings (SSSR count). The van der Waals surface area contributed by atoms with E-state index in [-0.39, 0.29) is 29.2 Å². The number of rotatable bonds is 4. The summed E-state index contributed by atoms with van der Waals surface area (Å²) < 4.78 is 22.9. The molecule has 1 aromatic rings. The van der Waals surface area contributed by atoms with Gasteiger partial charge in [-0.15, -0.1) is 11.3 Å². The van der Waals surface area contributed by atoms with Gasteiger partial charge in [-0.25, -0.2) is 13.4 Å². The lowest BCUT2D eigenvalue weighted by molar-refractivity contribution is -0.135. The summed E-state index contributed by atoms with van der Waals surface area (Å²) in [6.07, 6.45) is 0.423. The number of halogens is 1. The lowest BCUT2D eigenvalue weighted by atomic mass is 10.2. The number of sulfone groups is 1. The number of hydrogen-bond donors (Lipinski definition) is 1. The molecule has 0 bridgehead atoms. The van der Waals surface area contributed by atoms with Crippen LogP contribution in [0.25, 0.3) is 0 Å². The molecule has 0 amide bonds. The van der Waals surface area contributed by atoms with E-state index in [9.17, 15) is 13.2 Å².